The van der Waals surface area contributed by atoms with Crippen molar-refractivity contribution in [2.45, 2.75) is 44.7 Å². The summed E-state index contributed by atoms with van der Waals surface area (Å²) in [6.07, 6.45) is 5.10. The van der Waals surface area contributed by atoms with Gasteiger partial charge in [-0.05, 0) is 25.0 Å². The number of aryl methyl sites for hydroxylation is 1. The maximum Gasteiger partial charge on any atom is 0.225 e. The van der Waals surface area contributed by atoms with Crippen molar-refractivity contribution < 1.29 is 4.79 Å². The number of nitrogens with one attached hydrogen (secondary N) is 2. The predicted molar refractivity (Wildman–Crippen MR) is 113 cm³/mol. The first kappa shape index (κ1) is 20.2. The number of nitrogens with zero attached hydrogens (tertiary/aromatic N) is 3. The van der Waals surface area contributed by atoms with Crippen LogP contribution in [0.2, 0.25) is 0 Å². The Bertz CT molecular complexity index is 775. The van der Waals surface area contributed by atoms with Crippen molar-refractivity contribution in [1.82, 2.24) is 20.1 Å². The van der Waals surface area contributed by atoms with E-state index in [9.17, 15) is 4.79 Å². The van der Waals surface area contributed by atoms with E-state index in [1.165, 1.54) is 19.3 Å². The molecule has 2 aliphatic heterocycles. The van der Waals surface area contributed by atoms with Gasteiger partial charge < -0.3 is 15.2 Å². The Morgan fingerprint density at radius 1 is 1.30 bits per heavy atom. The Morgan fingerprint density at radius 3 is 3.07 bits per heavy atom. The molecule has 1 unspecified atom stereocenters. The van der Waals surface area contributed by atoms with Gasteiger partial charge in [0, 0.05) is 54.7 Å². The van der Waals surface area contributed by atoms with Crippen molar-refractivity contribution >= 4 is 35.8 Å². The lowest BCUT2D eigenvalue weighted by Gasteiger charge is -2.22. The molecular weight excluding hydrogens is 382 g/mol. The summed E-state index contributed by atoms with van der Waals surface area (Å²) in [6, 6.07) is 8.21. The standard InChI is InChI=1S/C19H25N5OS.ClH/c25-18(12-16-13-26-10-8-20-16)21-15-6-4-5-14(11-15)19-23-22-17-7-2-1-3-9-24(17)19;/h4-6,11,16,20H,1-3,7-10,12-13H2,(H,21,25);1H. The van der Waals surface area contributed by atoms with Gasteiger partial charge in [-0.15, -0.1) is 22.6 Å². The minimum atomic E-state index is 0. The number of carbonyl (C=O) groups excluding carboxylic acids is 1. The Balaban J connectivity index is 0.00000210. The lowest BCUT2D eigenvalue weighted by atomic mass is 10.1. The molecule has 146 valence electrons. The van der Waals surface area contributed by atoms with E-state index in [-0.39, 0.29) is 24.4 Å². The predicted octanol–water partition coefficient (Wildman–Crippen LogP) is 3.13. The van der Waals surface area contributed by atoms with Gasteiger partial charge in [0.1, 0.15) is 5.82 Å². The van der Waals surface area contributed by atoms with Crippen LogP contribution >= 0.6 is 24.2 Å². The first-order chi connectivity index (χ1) is 12.8. The van der Waals surface area contributed by atoms with Gasteiger partial charge in [-0.3, -0.25) is 4.79 Å². The Hall–Kier alpha value is -1.57. The average molecular weight is 408 g/mol. The monoisotopic (exact) mass is 407 g/mol. The summed E-state index contributed by atoms with van der Waals surface area (Å²) in [4.78, 5) is 12.4. The van der Waals surface area contributed by atoms with Crippen LogP contribution in [0.5, 0.6) is 0 Å². The van der Waals surface area contributed by atoms with Crippen molar-refractivity contribution in [3.05, 3.63) is 30.1 Å². The number of hydrogen-bond acceptors (Lipinski definition) is 5. The van der Waals surface area contributed by atoms with Gasteiger partial charge in [-0.1, -0.05) is 18.6 Å². The van der Waals surface area contributed by atoms with Crippen molar-refractivity contribution in [1.29, 1.82) is 0 Å². The molecule has 6 nitrogen and oxygen atoms in total. The minimum absolute atomic E-state index is 0. The molecular formula is C19H26ClN5OS. The molecule has 2 N–H and O–H groups in total. The van der Waals surface area contributed by atoms with Gasteiger partial charge in [0.25, 0.3) is 0 Å². The van der Waals surface area contributed by atoms with E-state index in [1.807, 2.05) is 36.0 Å². The number of hydrogen-bond donors (Lipinski definition) is 2. The van der Waals surface area contributed by atoms with E-state index in [4.69, 9.17) is 0 Å². The maximum absolute atomic E-state index is 12.4. The molecule has 2 aliphatic rings. The van der Waals surface area contributed by atoms with E-state index in [0.29, 0.717) is 6.42 Å². The van der Waals surface area contributed by atoms with E-state index in [1.54, 1.807) is 0 Å². The third-order valence-electron chi connectivity index (χ3n) is 4.94. The van der Waals surface area contributed by atoms with Crippen molar-refractivity contribution in [3.8, 4) is 11.4 Å². The van der Waals surface area contributed by atoms with Crippen LogP contribution in [0.4, 0.5) is 5.69 Å². The topological polar surface area (TPSA) is 71.8 Å². The molecule has 1 saturated heterocycles. The zero-order valence-electron chi connectivity index (χ0n) is 15.3. The van der Waals surface area contributed by atoms with Crippen molar-refractivity contribution in [2.24, 2.45) is 0 Å². The normalized spacial score (nSPS) is 19.5. The van der Waals surface area contributed by atoms with Gasteiger partial charge >= 0.3 is 0 Å². The molecule has 1 atom stereocenters. The molecule has 1 fully saturated rings. The summed E-state index contributed by atoms with van der Waals surface area (Å²) in [5.41, 5.74) is 1.83. The van der Waals surface area contributed by atoms with Crippen molar-refractivity contribution in [3.63, 3.8) is 0 Å². The highest BCUT2D eigenvalue weighted by Crippen LogP contribution is 2.25. The van der Waals surface area contributed by atoms with Gasteiger partial charge in [0.05, 0.1) is 0 Å². The summed E-state index contributed by atoms with van der Waals surface area (Å²) in [6.45, 7) is 1.95. The number of benzene rings is 1. The zero-order chi connectivity index (χ0) is 17.8. The largest absolute Gasteiger partial charge is 0.326 e. The average Bonchev–Trinajstić information content (AvgIpc) is 2.91. The lowest BCUT2D eigenvalue weighted by Crippen LogP contribution is -2.39. The fraction of sp³-hybridized carbons (Fsp3) is 0.526. The molecule has 0 bridgehead atoms. The highest BCUT2D eigenvalue weighted by atomic mass is 35.5. The third-order valence-corrected chi connectivity index (χ3v) is 6.08. The number of anilines is 1. The molecule has 1 aromatic heterocycles. The SMILES string of the molecule is Cl.O=C(CC1CSCCN1)Nc1cccc(-c2nnc3n2CCCCC3)c1. The molecule has 4 rings (SSSR count). The second-order valence-electron chi connectivity index (χ2n) is 6.96. The fourth-order valence-corrected chi connectivity index (χ4v) is 4.57. The number of thioether (sulfide) groups is 1. The van der Waals surface area contributed by atoms with E-state index < -0.39 is 0 Å². The van der Waals surface area contributed by atoms with Crippen LogP contribution in [0.1, 0.15) is 31.5 Å². The second kappa shape index (κ2) is 9.57. The van der Waals surface area contributed by atoms with E-state index in [2.05, 4.69) is 25.4 Å². The number of aromatic nitrogens is 3. The summed E-state index contributed by atoms with van der Waals surface area (Å²) in [7, 11) is 0. The summed E-state index contributed by atoms with van der Waals surface area (Å²) in [5, 5.41) is 15.2. The van der Waals surface area contributed by atoms with Crippen LogP contribution in [0.25, 0.3) is 11.4 Å². The van der Waals surface area contributed by atoms with Crippen LogP contribution in [0, 0.1) is 0 Å². The zero-order valence-corrected chi connectivity index (χ0v) is 17.0. The molecule has 0 spiro atoms. The van der Waals surface area contributed by atoms with Gasteiger partial charge in [-0.25, -0.2) is 0 Å². The molecule has 0 aliphatic carbocycles. The van der Waals surface area contributed by atoms with Gasteiger partial charge in [0.2, 0.25) is 5.91 Å². The second-order valence-corrected chi connectivity index (χ2v) is 8.11. The van der Waals surface area contributed by atoms with Crippen LogP contribution < -0.4 is 10.6 Å². The number of amides is 1. The molecule has 2 aromatic rings. The Labute approximate surface area is 170 Å². The number of halogens is 1. The van der Waals surface area contributed by atoms with E-state index in [0.717, 1.165) is 53.9 Å². The van der Waals surface area contributed by atoms with Gasteiger partial charge in [0.15, 0.2) is 5.82 Å². The van der Waals surface area contributed by atoms with Crippen LogP contribution in [-0.4, -0.2) is 44.8 Å². The smallest absolute Gasteiger partial charge is 0.225 e. The minimum Gasteiger partial charge on any atom is -0.326 e. The molecule has 0 saturated carbocycles. The quantitative estimate of drug-likeness (QED) is 0.814. The maximum atomic E-state index is 12.4. The summed E-state index contributed by atoms with van der Waals surface area (Å²) >= 11 is 1.91. The highest BCUT2D eigenvalue weighted by molar-refractivity contribution is 7.99. The first-order valence-electron chi connectivity index (χ1n) is 9.43. The van der Waals surface area contributed by atoms with Gasteiger partial charge in [-0.2, -0.15) is 11.8 Å². The number of fused-ring (bicyclic) bond motifs is 1. The Kier molecular flexibility index (Phi) is 7.15. The van der Waals surface area contributed by atoms with Crippen LogP contribution in [0.3, 0.4) is 0 Å². The number of rotatable bonds is 4. The molecule has 1 aromatic carbocycles. The first-order valence-corrected chi connectivity index (χ1v) is 10.6. The molecule has 8 heteroatoms. The fourth-order valence-electron chi connectivity index (χ4n) is 3.62. The Morgan fingerprint density at radius 2 is 2.22 bits per heavy atom. The molecule has 3 heterocycles. The van der Waals surface area contributed by atoms with E-state index >= 15 is 0 Å². The lowest BCUT2D eigenvalue weighted by molar-refractivity contribution is -0.116. The number of carbonyl (C=O) groups is 1. The van der Waals surface area contributed by atoms with Crippen LogP contribution in [0.15, 0.2) is 24.3 Å². The molecule has 1 amide bonds. The third kappa shape index (κ3) is 5.03. The molecule has 27 heavy (non-hydrogen) atoms. The van der Waals surface area contributed by atoms with Crippen molar-refractivity contribution in [2.75, 3.05) is 23.4 Å². The summed E-state index contributed by atoms with van der Waals surface area (Å²) < 4.78 is 2.23. The summed E-state index contributed by atoms with van der Waals surface area (Å²) in [5.74, 6) is 4.17. The van der Waals surface area contributed by atoms with Crippen LogP contribution in [-0.2, 0) is 17.8 Å². The highest BCUT2D eigenvalue weighted by Gasteiger charge is 2.18. The molecule has 0 radical (unpaired) electrons.